The maximum atomic E-state index is 12.2. The van der Waals surface area contributed by atoms with Gasteiger partial charge in [-0.3, -0.25) is 4.79 Å². The number of nitrogens with zero attached hydrogens (tertiary/aromatic N) is 3. The van der Waals surface area contributed by atoms with Crippen molar-refractivity contribution < 1.29 is 9.53 Å². The molecule has 0 radical (unpaired) electrons. The predicted molar refractivity (Wildman–Crippen MR) is 76.9 cm³/mol. The molecule has 8 heteroatoms. The Labute approximate surface area is 127 Å². The van der Waals surface area contributed by atoms with Crippen molar-refractivity contribution in [2.75, 3.05) is 0 Å². The van der Waals surface area contributed by atoms with E-state index in [9.17, 15) is 4.79 Å². The summed E-state index contributed by atoms with van der Waals surface area (Å²) >= 11 is 6.00. The number of aromatic amines is 1. The van der Waals surface area contributed by atoms with Crippen molar-refractivity contribution in [3.8, 4) is 5.75 Å². The van der Waals surface area contributed by atoms with Crippen LogP contribution in [-0.4, -0.2) is 32.6 Å². The lowest BCUT2D eigenvalue weighted by molar-refractivity contribution is -0.129. The van der Waals surface area contributed by atoms with Gasteiger partial charge in [0.2, 0.25) is 0 Å². The third kappa shape index (κ3) is 3.69. The number of aromatic nitrogens is 4. The molecule has 2 rings (SSSR count). The van der Waals surface area contributed by atoms with Gasteiger partial charge in [0.1, 0.15) is 5.75 Å². The van der Waals surface area contributed by atoms with Crippen molar-refractivity contribution in [3.05, 3.63) is 35.1 Å². The molecule has 21 heavy (non-hydrogen) atoms. The molecule has 1 aromatic carbocycles. The van der Waals surface area contributed by atoms with Gasteiger partial charge in [-0.15, -0.1) is 10.2 Å². The molecule has 1 unspecified atom stereocenters. The Bertz CT molecular complexity index is 615. The number of hydrogen-bond donors (Lipinski definition) is 2. The Morgan fingerprint density at radius 1 is 1.43 bits per heavy atom. The molecule has 0 saturated heterocycles. The third-order valence-electron chi connectivity index (χ3n) is 2.85. The number of rotatable bonds is 5. The summed E-state index contributed by atoms with van der Waals surface area (Å²) < 4.78 is 5.56. The molecule has 1 atom stereocenters. The second-order valence-corrected chi connectivity index (χ2v) is 5.45. The van der Waals surface area contributed by atoms with Gasteiger partial charge in [-0.25, -0.2) is 0 Å². The minimum absolute atomic E-state index is 0.301. The zero-order valence-electron chi connectivity index (χ0n) is 11.9. The molecule has 0 saturated carbocycles. The summed E-state index contributed by atoms with van der Waals surface area (Å²) in [5, 5.41) is 16.8. The number of amides is 1. The fraction of sp³-hybridized carbons (Fsp3) is 0.385. The predicted octanol–water partition coefficient (Wildman–Crippen LogP) is 1.67. The van der Waals surface area contributed by atoms with Crippen molar-refractivity contribution in [2.45, 2.75) is 32.4 Å². The summed E-state index contributed by atoms with van der Waals surface area (Å²) in [7, 11) is 0. The molecule has 0 spiro atoms. The second kappa shape index (κ2) is 6.09. The number of hydrogen-bond acceptors (Lipinski definition) is 5. The number of halogens is 1. The number of H-pyrrole nitrogens is 1. The Hall–Kier alpha value is -2.15. The van der Waals surface area contributed by atoms with Crippen molar-refractivity contribution in [1.29, 1.82) is 0 Å². The van der Waals surface area contributed by atoms with Crippen LogP contribution in [-0.2, 0) is 10.3 Å². The van der Waals surface area contributed by atoms with E-state index in [-0.39, 0.29) is 5.91 Å². The van der Waals surface area contributed by atoms with Gasteiger partial charge in [-0.2, -0.15) is 5.21 Å². The van der Waals surface area contributed by atoms with Gasteiger partial charge in [0.15, 0.2) is 11.9 Å². The molecule has 0 aliphatic heterocycles. The van der Waals surface area contributed by atoms with Gasteiger partial charge >= 0.3 is 0 Å². The molecule has 0 fully saturated rings. The highest BCUT2D eigenvalue weighted by atomic mass is 35.5. The molecule has 2 aromatic rings. The normalized spacial score (nSPS) is 12.8. The quantitative estimate of drug-likeness (QED) is 0.876. The molecule has 112 valence electrons. The molecule has 1 heterocycles. The third-order valence-corrected chi connectivity index (χ3v) is 3.16. The van der Waals surface area contributed by atoms with E-state index in [0.717, 1.165) is 0 Å². The van der Waals surface area contributed by atoms with E-state index in [1.54, 1.807) is 45.0 Å². The second-order valence-electron chi connectivity index (χ2n) is 5.04. The summed E-state index contributed by atoms with van der Waals surface area (Å²) in [4.78, 5) is 12.2. The van der Waals surface area contributed by atoms with Crippen LogP contribution in [0.5, 0.6) is 5.75 Å². The van der Waals surface area contributed by atoms with Crippen LogP contribution in [0, 0.1) is 0 Å². The van der Waals surface area contributed by atoms with Gasteiger partial charge in [-0.05, 0) is 32.9 Å². The molecule has 1 amide bonds. The number of benzene rings is 1. The Balaban J connectivity index is 2.02. The molecule has 0 aliphatic carbocycles. The number of carbonyl (C=O) groups is 1. The summed E-state index contributed by atoms with van der Waals surface area (Å²) in [5.74, 6) is 0.546. The van der Waals surface area contributed by atoms with Crippen LogP contribution < -0.4 is 10.1 Å². The maximum Gasteiger partial charge on any atom is 0.261 e. The lowest BCUT2D eigenvalue weighted by atomic mass is 10.0. The minimum Gasteiger partial charge on any atom is -0.479 e. The van der Waals surface area contributed by atoms with Crippen LogP contribution in [0.3, 0.4) is 0 Å². The summed E-state index contributed by atoms with van der Waals surface area (Å²) in [6.45, 7) is 5.20. The summed E-state index contributed by atoms with van der Waals surface area (Å²) in [6, 6.07) is 6.98. The number of para-hydroxylation sites is 1. The number of ether oxygens (including phenoxy) is 1. The fourth-order valence-corrected chi connectivity index (χ4v) is 1.86. The van der Waals surface area contributed by atoms with Crippen LogP contribution >= 0.6 is 11.6 Å². The fourth-order valence-electron chi connectivity index (χ4n) is 1.68. The largest absolute Gasteiger partial charge is 0.479 e. The highest BCUT2D eigenvalue weighted by Gasteiger charge is 2.30. The van der Waals surface area contributed by atoms with Crippen LogP contribution in [0.4, 0.5) is 0 Å². The smallest absolute Gasteiger partial charge is 0.261 e. The van der Waals surface area contributed by atoms with Gasteiger partial charge < -0.3 is 10.1 Å². The van der Waals surface area contributed by atoms with Gasteiger partial charge in [0.05, 0.1) is 10.6 Å². The Kier molecular flexibility index (Phi) is 4.42. The van der Waals surface area contributed by atoms with Gasteiger partial charge in [0.25, 0.3) is 5.91 Å². The van der Waals surface area contributed by atoms with Crippen molar-refractivity contribution in [3.63, 3.8) is 0 Å². The average Bonchev–Trinajstić information content (AvgIpc) is 2.95. The molecule has 0 aliphatic rings. The first-order valence-electron chi connectivity index (χ1n) is 6.37. The Morgan fingerprint density at radius 2 is 2.14 bits per heavy atom. The van der Waals surface area contributed by atoms with E-state index in [2.05, 4.69) is 25.9 Å². The maximum absolute atomic E-state index is 12.2. The van der Waals surface area contributed by atoms with Crippen LogP contribution in [0.2, 0.25) is 5.02 Å². The number of nitrogens with one attached hydrogen (secondary N) is 2. The lowest BCUT2D eigenvalue weighted by Gasteiger charge is -2.25. The average molecular weight is 310 g/mol. The first kappa shape index (κ1) is 15.2. The molecular weight excluding hydrogens is 294 g/mol. The minimum atomic E-state index is -0.762. The highest BCUT2D eigenvalue weighted by Crippen LogP contribution is 2.24. The summed E-state index contributed by atoms with van der Waals surface area (Å²) in [6.07, 6.45) is -0.712. The lowest BCUT2D eigenvalue weighted by Crippen LogP contribution is -2.47. The summed E-state index contributed by atoms with van der Waals surface area (Å²) in [5.41, 5.74) is -0.762. The topological polar surface area (TPSA) is 92.8 Å². The monoisotopic (exact) mass is 309 g/mol. The van der Waals surface area contributed by atoms with E-state index in [1.165, 1.54) is 0 Å². The van der Waals surface area contributed by atoms with Crippen LogP contribution in [0.15, 0.2) is 24.3 Å². The van der Waals surface area contributed by atoms with E-state index >= 15 is 0 Å². The first-order valence-corrected chi connectivity index (χ1v) is 6.75. The van der Waals surface area contributed by atoms with E-state index < -0.39 is 11.6 Å². The van der Waals surface area contributed by atoms with Gasteiger partial charge in [-0.1, -0.05) is 28.9 Å². The SMILES string of the molecule is CC(Oc1ccccc1Cl)C(=O)NC(C)(C)c1nn[nH]n1. The van der Waals surface area contributed by atoms with Crippen molar-refractivity contribution in [1.82, 2.24) is 25.9 Å². The zero-order chi connectivity index (χ0) is 15.5. The van der Waals surface area contributed by atoms with Crippen molar-refractivity contribution >= 4 is 17.5 Å². The molecule has 2 N–H and O–H groups in total. The standard InChI is InChI=1S/C13H16ClN5O2/c1-8(21-10-7-5-4-6-9(10)14)11(20)15-13(2,3)12-16-18-19-17-12/h4-8H,1-3H3,(H,15,20)(H,16,17,18,19). The first-order chi connectivity index (χ1) is 9.90. The van der Waals surface area contributed by atoms with Crippen LogP contribution in [0.1, 0.15) is 26.6 Å². The van der Waals surface area contributed by atoms with E-state index in [0.29, 0.717) is 16.6 Å². The number of carbonyl (C=O) groups excluding carboxylic acids is 1. The zero-order valence-corrected chi connectivity index (χ0v) is 12.7. The van der Waals surface area contributed by atoms with E-state index in [1.807, 2.05) is 0 Å². The molecular formula is C13H16ClN5O2. The van der Waals surface area contributed by atoms with Gasteiger partial charge in [0, 0.05) is 0 Å². The van der Waals surface area contributed by atoms with Crippen molar-refractivity contribution in [2.24, 2.45) is 0 Å². The molecule has 0 bridgehead atoms. The Morgan fingerprint density at radius 3 is 2.76 bits per heavy atom. The molecule has 1 aromatic heterocycles. The van der Waals surface area contributed by atoms with Crippen LogP contribution in [0.25, 0.3) is 0 Å². The van der Waals surface area contributed by atoms with E-state index in [4.69, 9.17) is 16.3 Å². The molecule has 7 nitrogen and oxygen atoms in total. The highest BCUT2D eigenvalue weighted by molar-refractivity contribution is 6.32. The number of tetrazole rings is 1.